The predicted molar refractivity (Wildman–Crippen MR) is 120 cm³/mol. The van der Waals surface area contributed by atoms with Crippen LogP contribution in [-0.4, -0.2) is 25.5 Å². The lowest BCUT2D eigenvalue weighted by atomic mass is 10.1. The first-order valence-electron chi connectivity index (χ1n) is 9.28. The number of anilines is 1. The average Bonchev–Trinajstić information content (AvgIpc) is 2.66. The van der Waals surface area contributed by atoms with Crippen LogP contribution in [0.25, 0.3) is 0 Å². The van der Waals surface area contributed by atoms with E-state index in [0.29, 0.717) is 40.5 Å². The van der Waals surface area contributed by atoms with Gasteiger partial charge in [0.1, 0.15) is 5.75 Å². The molecular weight excluding hydrogens is 411 g/mol. The zero-order chi connectivity index (χ0) is 21.4. The third kappa shape index (κ3) is 6.84. The lowest BCUT2D eigenvalue weighted by Gasteiger charge is -2.19. The van der Waals surface area contributed by atoms with Gasteiger partial charge in [-0.3, -0.25) is 4.79 Å². The van der Waals surface area contributed by atoms with Crippen molar-refractivity contribution in [3.8, 4) is 5.75 Å². The van der Waals surface area contributed by atoms with Crippen molar-refractivity contribution in [1.29, 1.82) is 0 Å². The summed E-state index contributed by atoms with van der Waals surface area (Å²) in [5.41, 5.74) is 2.48. The summed E-state index contributed by atoms with van der Waals surface area (Å²) in [6.45, 7) is 6.60. The van der Waals surface area contributed by atoms with Crippen molar-refractivity contribution in [2.75, 3.05) is 19.0 Å². The van der Waals surface area contributed by atoms with Gasteiger partial charge in [0.15, 0.2) is 5.96 Å². The van der Waals surface area contributed by atoms with Gasteiger partial charge in [0.05, 0.1) is 25.4 Å². The predicted octanol–water partition coefficient (Wildman–Crippen LogP) is 4.78. The first-order valence-corrected chi connectivity index (χ1v) is 10.0. The number of nitrogens with zero attached hydrogens (tertiary/aromatic N) is 1. The van der Waals surface area contributed by atoms with Crippen molar-refractivity contribution in [3.63, 3.8) is 0 Å². The summed E-state index contributed by atoms with van der Waals surface area (Å²) in [5.74, 6) is 1.10. The van der Waals surface area contributed by atoms with Crippen molar-refractivity contribution in [2.45, 2.75) is 33.4 Å². The second kappa shape index (κ2) is 10.9. The lowest BCUT2D eigenvalue weighted by Crippen LogP contribution is -2.38. The Morgan fingerprint density at radius 2 is 1.97 bits per heavy atom. The van der Waals surface area contributed by atoms with Crippen LogP contribution in [0.5, 0.6) is 5.75 Å². The first-order chi connectivity index (χ1) is 13.8. The van der Waals surface area contributed by atoms with E-state index < -0.39 is 0 Å². The van der Waals surface area contributed by atoms with Crippen LogP contribution < -0.4 is 20.7 Å². The average molecular weight is 437 g/mol. The number of ether oxygens (including phenoxy) is 1. The molecule has 1 amide bonds. The molecule has 1 atom stereocenters. The summed E-state index contributed by atoms with van der Waals surface area (Å²) < 4.78 is 5.29. The Labute approximate surface area is 181 Å². The summed E-state index contributed by atoms with van der Waals surface area (Å²) in [6.07, 6.45) is 0. The van der Waals surface area contributed by atoms with Gasteiger partial charge in [-0.1, -0.05) is 35.3 Å². The second-order valence-electron chi connectivity index (χ2n) is 6.44. The Bertz CT molecular complexity index is 887. The minimum absolute atomic E-state index is 0.0663. The quantitative estimate of drug-likeness (QED) is 0.431. The summed E-state index contributed by atoms with van der Waals surface area (Å²) >= 11 is 12.3. The molecule has 8 heteroatoms. The molecule has 0 heterocycles. The molecule has 3 N–H and O–H groups in total. The molecule has 0 aliphatic carbocycles. The SMILES string of the molecule is CCNC(=NCc1ccc(OC)c(NC(C)=O)c1)NC(C)c1ccc(Cl)cc1Cl. The van der Waals surface area contributed by atoms with E-state index in [9.17, 15) is 4.79 Å². The standard InChI is InChI=1S/C21H26Cl2N4O2/c1-5-24-21(26-13(2)17-8-7-16(22)11-18(17)23)25-12-15-6-9-20(29-4)19(10-15)27-14(3)28/h6-11,13H,5,12H2,1-4H3,(H,27,28)(H2,24,25,26). The number of methoxy groups -OCH3 is 1. The fraction of sp³-hybridized carbons (Fsp3) is 0.333. The van der Waals surface area contributed by atoms with Gasteiger partial charge >= 0.3 is 0 Å². The van der Waals surface area contributed by atoms with Gasteiger partial charge in [-0.15, -0.1) is 0 Å². The Hall–Kier alpha value is -2.44. The fourth-order valence-corrected chi connectivity index (χ4v) is 3.34. The topological polar surface area (TPSA) is 74.8 Å². The molecule has 2 aromatic rings. The van der Waals surface area contributed by atoms with Gasteiger partial charge in [-0.2, -0.15) is 0 Å². The van der Waals surface area contributed by atoms with Crippen LogP contribution in [0.2, 0.25) is 10.0 Å². The molecule has 1 unspecified atom stereocenters. The molecule has 0 aromatic heterocycles. The highest BCUT2D eigenvalue weighted by Gasteiger charge is 2.12. The van der Waals surface area contributed by atoms with Gasteiger partial charge in [-0.25, -0.2) is 4.99 Å². The lowest BCUT2D eigenvalue weighted by molar-refractivity contribution is -0.114. The molecule has 0 spiro atoms. The number of carbonyl (C=O) groups is 1. The van der Waals surface area contributed by atoms with Gasteiger partial charge in [0.25, 0.3) is 0 Å². The van der Waals surface area contributed by atoms with E-state index in [1.807, 2.05) is 44.2 Å². The number of aliphatic imine (C=N–C) groups is 1. The number of amides is 1. The molecule has 0 saturated heterocycles. The minimum Gasteiger partial charge on any atom is -0.495 e. The molecule has 29 heavy (non-hydrogen) atoms. The minimum atomic E-state index is -0.160. The number of hydrogen-bond acceptors (Lipinski definition) is 3. The highest BCUT2D eigenvalue weighted by molar-refractivity contribution is 6.35. The number of guanidine groups is 1. The van der Waals surface area contributed by atoms with Crippen LogP contribution in [0.15, 0.2) is 41.4 Å². The highest BCUT2D eigenvalue weighted by Crippen LogP contribution is 2.27. The van der Waals surface area contributed by atoms with Crippen molar-refractivity contribution >= 4 is 40.8 Å². The van der Waals surface area contributed by atoms with E-state index in [-0.39, 0.29) is 11.9 Å². The Morgan fingerprint density at radius 1 is 1.21 bits per heavy atom. The van der Waals surface area contributed by atoms with Crippen molar-refractivity contribution < 1.29 is 9.53 Å². The summed E-state index contributed by atoms with van der Waals surface area (Å²) in [5, 5.41) is 10.6. The number of rotatable bonds is 7. The molecule has 2 rings (SSSR count). The maximum Gasteiger partial charge on any atom is 0.221 e. The molecule has 6 nitrogen and oxygen atoms in total. The molecule has 0 aliphatic rings. The van der Waals surface area contributed by atoms with E-state index in [1.165, 1.54) is 6.92 Å². The van der Waals surface area contributed by atoms with E-state index in [2.05, 4.69) is 20.9 Å². The maximum atomic E-state index is 11.4. The monoisotopic (exact) mass is 436 g/mol. The van der Waals surface area contributed by atoms with E-state index in [1.54, 1.807) is 13.2 Å². The third-order valence-corrected chi connectivity index (χ3v) is 4.68. The number of benzene rings is 2. The molecule has 0 radical (unpaired) electrons. The van der Waals surface area contributed by atoms with Crippen LogP contribution in [0.4, 0.5) is 5.69 Å². The fourth-order valence-electron chi connectivity index (χ4n) is 2.77. The van der Waals surface area contributed by atoms with Gasteiger partial charge in [0.2, 0.25) is 5.91 Å². The zero-order valence-corrected chi connectivity index (χ0v) is 18.5. The largest absolute Gasteiger partial charge is 0.495 e. The van der Waals surface area contributed by atoms with Crippen LogP contribution in [0.3, 0.4) is 0 Å². The van der Waals surface area contributed by atoms with Gasteiger partial charge < -0.3 is 20.7 Å². The van der Waals surface area contributed by atoms with E-state index in [4.69, 9.17) is 27.9 Å². The second-order valence-corrected chi connectivity index (χ2v) is 7.29. The van der Waals surface area contributed by atoms with Crippen LogP contribution >= 0.6 is 23.2 Å². The Morgan fingerprint density at radius 3 is 2.59 bits per heavy atom. The smallest absolute Gasteiger partial charge is 0.221 e. The summed E-state index contributed by atoms with van der Waals surface area (Å²) in [6, 6.07) is 10.9. The Kier molecular flexibility index (Phi) is 8.61. The van der Waals surface area contributed by atoms with Crippen molar-refractivity contribution in [3.05, 3.63) is 57.6 Å². The number of carbonyl (C=O) groups excluding carboxylic acids is 1. The summed E-state index contributed by atoms with van der Waals surface area (Å²) in [4.78, 5) is 16.1. The molecule has 0 fully saturated rings. The van der Waals surface area contributed by atoms with Crippen LogP contribution in [-0.2, 0) is 11.3 Å². The number of halogens is 2. The number of hydrogen-bond donors (Lipinski definition) is 3. The van der Waals surface area contributed by atoms with Crippen molar-refractivity contribution in [1.82, 2.24) is 10.6 Å². The molecular formula is C21H26Cl2N4O2. The van der Waals surface area contributed by atoms with E-state index in [0.717, 1.165) is 11.1 Å². The highest BCUT2D eigenvalue weighted by atomic mass is 35.5. The number of nitrogens with one attached hydrogen (secondary N) is 3. The van der Waals surface area contributed by atoms with Gasteiger partial charge in [0, 0.05) is 23.5 Å². The zero-order valence-electron chi connectivity index (χ0n) is 17.0. The summed E-state index contributed by atoms with van der Waals surface area (Å²) in [7, 11) is 1.56. The maximum absolute atomic E-state index is 11.4. The molecule has 0 aliphatic heterocycles. The van der Waals surface area contributed by atoms with Crippen LogP contribution in [0.1, 0.15) is 37.9 Å². The van der Waals surface area contributed by atoms with Crippen molar-refractivity contribution in [2.24, 2.45) is 4.99 Å². The first kappa shape index (κ1) is 22.8. The molecule has 156 valence electrons. The van der Waals surface area contributed by atoms with Crippen LogP contribution in [0, 0.1) is 0 Å². The molecule has 0 saturated carbocycles. The molecule has 2 aromatic carbocycles. The Balaban J connectivity index is 2.17. The molecule has 0 bridgehead atoms. The third-order valence-electron chi connectivity index (χ3n) is 4.12. The normalized spacial score (nSPS) is 12.3. The van der Waals surface area contributed by atoms with Gasteiger partial charge in [-0.05, 0) is 49.2 Å². The van der Waals surface area contributed by atoms with E-state index >= 15 is 0 Å².